The Bertz CT molecular complexity index is 517. The molecule has 0 bridgehead atoms. The molecule has 0 atom stereocenters. The molecule has 1 aromatic heterocycles. The number of hydrogen-bond donors (Lipinski definition) is 1. The number of aromatic nitrogens is 1. The minimum absolute atomic E-state index is 0.00749. The van der Waals surface area contributed by atoms with Gasteiger partial charge in [0.1, 0.15) is 23.3 Å². The Morgan fingerprint density at radius 1 is 1.06 bits per heavy atom. The molecule has 2 nitrogen and oxygen atoms in total. The summed E-state index contributed by atoms with van der Waals surface area (Å²) in [5, 5.41) is 0. The lowest BCUT2D eigenvalue weighted by atomic mass is 10.1. The highest BCUT2D eigenvalue weighted by Crippen LogP contribution is 2.29. The van der Waals surface area contributed by atoms with Crippen LogP contribution in [0.1, 0.15) is 0 Å². The van der Waals surface area contributed by atoms with Gasteiger partial charge in [-0.25, -0.2) is 18.2 Å². The van der Waals surface area contributed by atoms with Crippen LogP contribution in [0.4, 0.5) is 19.0 Å². The van der Waals surface area contributed by atoms with Crippen molar-refractivity contribution in [2.24, 2.45) is 0 Å². The zero-order valence-corrected chi connectivity index (χ0v) is 8.05. The predicted octanol–water partition coefficient (Wildman–Crippen LogP) is 2.75. The molecule has 16 heavy (non-hydrogen) atoms. The van der Waals surface area contributed by atoms with Gasteiger partial charge in [0, 0.05) is 23.9 Å². The van der Waals surface area contributed by atoms with E-state index in [9.17, 15) is 13.2 Å². The normalized spacial score (nSPS) is 10.4. The van der Waals surface area contributed by atoms with Crippen molar-refractivity contribution in [2.75, 3.05) is 5.73 Å². The lowest BCUT2D eigenvalue weighted by Gasteiger charge is -2.07. The Morgan fingerprint density at radius 3 is 2.25 bits per heavy atom. The van der Waals surface area contributed by atoms with Crippen molar-refractivity contribution in [3.63, 3.8) is 0 Å². The Morgan fingerprint density at radius 2 is 1.69 bits per heavy atom. The Kier molecular flexibility index (Phi) is 2.52. The Labute approximate surface area is 89.5 Å². The van der Waals surface area contributed by atoms with E-state index >= 15 is 0 Å². The minimum Gasteiger partial charge on any atom is -0.383 e. The molecular weight excluding hydrogens is 217 g/mol. The van der Waals surface area contributed by atoms with Gasteiger partial charge in [0.15, 0.2) is 0 Å². The maximum Gasteiger partial charge on any atom is 0.137 e. The first kappa shape index (κ1) is 10.5. The van der Waals surface area contributed by atoms with Gasteiger partial charge in [-0.2, -0.15) is 0 Å². The maximum atomic E-state index is 13.4. The number of anilines is 1. The van der Waals surface area contributed by atoms with E-state index in [1.807, 2.05) is 0 Å². The number of nitrogens with zero attached hydrogens (tertiary/aromatic N) is 1. The molecule has 2 rings (SSSR count). The largest absolute Gasteiger partial charge is 0.383 e. The Balaban J connectivity index is 2.70. The van der Waals surface area contributed by atoms with Crippen molar-refractivity contribution in [3.8, 4) is 11.1 Å². The van der Waals surface area contributed by atoms with Gasteiger partial charge in [-0.1, -0.05) is 0 Å². The average Bonchev–Trinajstić information content (AvgIpc) is 2.19. The molecule has 0 saturated carbocycles. The molecule has 82 valence electrons. The van der Waals surface area contributed by atoms with E-state index in [2.05, 4.69) is 4.98 Å². The number of hydrogen-bond acceptors (Lipinski definition) is 2. The predicted molar refractivity (Wildman–Crippen MR) is 54.0 cm³/mol. The van der Waals surface area contributed by atoms with Gasteiger partial charge in [0.2, 0.25) is 0 Å². The van der Waals surface area contributed by atoms with E-state index in [0.717, 1.165) is 0 Å². The SMILES string of the molecule is Nc1ncccc1-c1c(F)cc(F)cc1F. The molecule has 5 heteroatoms. The molecule has 0 spiro atoms. The fraction of sp³-hybridized carbons (Fsp3) is 0. The van der Waals surface area contributed by atoms with Crippen LogP contribution in [0.2, 0.25) is 0 Å². The fourth-order valence-electron chi connectivity index (χ4n) is 1.43. The smallest absolute Gasteiger partial charge is 0.137 e. The summed E-state index contributed by atoms with van der Waals surface area (Å²) in [4.78, 5) is 3.71. The number of rotatable bonds is 1. The van der Waals surface area contributed by atoms with E-state index in [1.165, 1.54) is 18.3 Å². The standard InChI is InChI=1S/C11H7F3N2/c12-6-4-8(13)10(9(14)5-6)7-2-1-3-16-11(7)15/h1-5H,(H2,15,16). The topological polar surface area (TPSA) is 38.9 Å². The number of halogens is 3. The summed E-state index contributed by atoms with van der Waals surface area (Å²) >= 11 is 0. The van der Waals surface area contributed by atoms with Crippen LogP contribution in [0.3, 0.4) is 0 Å². The third-order valence-electron chi connectivity index (χ3n) is 2.11. The molecule has 0 fully saturated rings. The first-order valence-corrected chi connectivity index (χ1v) is 4.45. The lowest BCUT2D eigenvalue weighted by Crippen LogP contribution is -1.98. The monoisotopic (exact) mass is 224 g/mol. The maximum absolute atomic E-state index is 13.4. The zero-order valence-electron chi connectivity index (χ0n) is 8.05. The molecule has 0 saturated heterocycles. The van der Waals surface area contributed by atoms with Crippen molar-refractivity contribution in [1.82, 2.24) is 4.98 Å². The van der Waals surface area contributed by atoms with E-state index in [0.29, 0.717) is 12.1 Å². The van der Waals surface area contributed by atoms with Crippen molar-refractivity contribution in [1.29, 1.82) is 0 Å². The van der Waals surface area contributed by atoms with Crippen LogP contribution in [0.5, 0.6) is 0 Å². The number of nitrogens with two attached hydrogens (primary N) is 1. The summed E-state index contributed by atoms with van der Waals surface area (Å²) in [7, 11) is 0. The lowest BCUT2D eigenvalue weighted by molar-refractivity contribution is 0.548. The van der Waals surface area contributed by atoms with Gasteiger partial charge in [-0.05, 0) is 12.1 Å². The Hall–Kier alpha value is -2.04. The van der Waals surface area contributed by atoms with Gasteiger partial charge in [-0.15, -0.1) is 0 Å². The molecule has 0 unspecified atom stereocenters. The summed E-state index contributed by atoms with van der Waals surface area (Å²) in [5.74, 6) is -2.98. The summed E-state index contributed by atoms with van der Waals surface area (Å²) in [6, 6.07) is 4.12. The summed E-state index contributed by atoms with van der Waals surface area (Å²) in [6.45, 7) is 0. The second-order valence-corrected chi connectivity index (χ2v) is 3.18. The molecule has 1 heterocycles. The molecule has 0 aliphatic rings. The second kappa shape index (κ2) is 3.84. The van der Waals surface area contributed by atoms with Gasteiger partial charge >= 0.3 is 0 Å². The highest BCUT2D eigenvalue weighted by atomic mass is 19.1. The summed E-state index contributed by atoms with van der Waals surface area (Å²) in [5.41, 5.74) is 5.23. The number of benzene rings is 1. The highest BCUT2D eigenvalue weighted by Gasteiger charge is 2.15. The molecule has 2 aromatic rings. The van der Waals surface area contributed by atoms with Crippen LogP contribution in [0, 0.1) is 17.5 Å². The molecule has 0 radical (unpaired) electrons. The van der Waals surface area contributed by atoms with Crippen molar-refractivity contribution in [2.45, 2.75) is 0 Å². The van der Waals surface area contributed by atoms with Crippen LogP contribution >= 0.6 is 0 Å². The quantitative estimate of drug-likeness (QED) is 0.808. The van der Waals surface area contributed by atoms with Crippen molar-refractivity contribution in [3.05, 3.63) is 47.9 Å². The molecule has 0 aliphatic carbocycles. The van der Waals surface area contributed by atoms with Gasteiger partial charge in [0.25, 0.3) is 0 Å². The average molecular weight is 224 g/mol. The van der Waals surface area contributed by atoms with Gasteiger partial charge in [-0.3, -0.25) is 0 Å². The summed E-state index contributed by atoms with van der Waals surface area (Å²) < 4.78 is 39.5. The van der Waals surface area contributed by atoms with Crippen molar-refractivity contribution < 1.29 is 13.2 Å². The molecular formula is C11H7F3N2. The minimum atomic E-state index is -1.00. The van der Waals surface area contributed by atoms with Crippen LogP contribution in [0.25, 0.3) is 11.1 Å². The van der Waals surface area contributed by atoms with Crippen LogP contribution < -0.4 is 5.73 Å². The van der Waals surface area contributed by atoms with Gasteiger partial charge < -0.3 is 5.73 Å². The first-order valence-electron chi connectivity index (χ1n) is 4.45. The molecule has 0 amide bonds. The molecule has 0 aliphatic heterocycles. The van der Waals surface area contributed by atoms with E-state index in [1.54, 1.807) is 0 Å². The summed E-state index contributed by atoms with van der Waals surface area (Å²) in [6.07, 6.45) is 1.40. The van der Waals surface area contributed by atoms with E-state index < -0.39 is 17.5 Å². The van der Waals surface area contributed by atoms with Gasteiger partial charge in [0.05, 0.1) is 5.56 Å². The van der Waals surface area contributed by atoms with Crippen LogP contribution in [0.15, 0.2) is 30.5 Å². The zero-order chi connectivity index (χ0) is 11.7. The number of nitrogen functional groups attached to an aromatic ring is 1. The highest BCUT2D eigenvalue weighted by molar-refractivity contribution is 5.74. The number of pyridine rings is 1. The van der Waals surface area contributed by atoms with Crippen LogP contribution in [-0.2, 0) is 0 Å². The van der Waals surface area contributed by atoms with Crippen LogP contribution in [-0.4, -0.2) is 4.98 Å². The third kappa shape index (κ3) is 1.71. The first-order chi connectivity index (χ1) is 7.59. The fourth-order valence-corrected chi connectivity index (χ4v) is 1.43. The molecule has 1 aromatic carbocycles. The third-order valence-corrected chi connectivity index (χ3v) is 2.11. The van der Waals surface area contributed by atoms with Crippen molar-refractivity contribution >= 4 is 5.82 Å². The van der Waals surface area contributed by atoms with E-state index in [4.69, 9.17) is 5.73 Å². The second-order valence-electron chi connectivity index (χ2n) is 3.18. The molecule has 2 N–H and O–H groups in total. The van der Waals surface area contributed by atoms with E-state index in [-0.39, 0.29) is 16.9 Å².